The summed E-state index contributed by atoms with van der Waals surface area (Å²) >= 11 is 0. The lowest BCUT2D eigenvalue weighted by Crippen LogP contribution is -2.61. The van der Waals surface area contributed by atoms with Gasteiger partial charge in [-0.1, -0.05) is 12.1 Å². The second kappa shape index (κ2) is 17.1. The fourth-order valence-electron chi connectivity index (χ4n) is 5.85. The Morgan fingerprint density at radius 1 is 0.745 bits per heavy atom. The quantitative estimate of drug-likeness (QED) is 0.0812. The number of aromatic hydroxyl groups is 5. The molecule has 10 atom stereocenters. The average Bonchev–Trinajstić information content (AvgIpc) is 3.15. The van der Waals surface area contributed by atoms with Gasteiger partial charge in [-0.2, -0.15) is 0 Å². The van der Waals surface area contributed by atoms with E-state index in [9.17, 15) is 61.0 Å². The summed E-state index contributed by atoms with van der Waals surface area (Å²) < 4.78 is 32.7. The van der Waals surface area contributed by atoms with E-state index in [1.54, 1.807) is 12.1 Å². The molecule has 18 nitrogen and oxygen atoms in total. The van der Waals surface area contributed by atoms with Crippen LogP contribution in [0.1, 0.15) is 12.5 Å². The molecule has 18 heteroatoms. The molecular formula is C37H42O18. The monoisotopic (exact) mass is 774 g/mol. The van der Waals surface area contributed by atoms with Crippen LogP contribution in [0.2, 0.25) is 0 Å². The van der Waals surface area contributed by atoms with E-state index in [1.807, 2.05) is 12.1 Å². The summed E-state index contributed by atoms with van der Waals surface area (Å²) in [5, 5.41) is 111. The summed E-state index contributed by atoms with van der Waals surface area (Å²) in [5.41, 5.74) is -0.265. The van der Waals surface area contributed by atoms with Crippen LogP contribution in [0.15, 0.2) is 70.4 Å². The van der Waals surface area contributed by atoms with Crippen molar-refractivity contribution >= 4 is 11.0 Å². The molecule has 4 aromatic rings. The van der Waals surface area contributed by atoms with Crippen molar-refractivity contribution in [3.8, 4) is 51.6 Å². The second-order valence-electron chi connectivity index (χ2n) is 12.8. The van der Waals surface area contributed by atoms with E-state index < -0.39 is 113 Å². The Labute approximate surface area is 312 Å². The lowest BCUT2D eigenvalue weighted by atomic mass is 9.98. The van der Waals surface area contributed by atoms with Gasteiger partial charge in [-0.25, -0.2) is 0 Å². The number of phenolic OH excluding ortho intramolecular Hbond substituents is 5. The van der Waals surface area contributed by atoms with Crippen molar-refractivity contribution in [2.45, 2.75) is 74.8 Å². The van der Waals surface area contributed by atoms with Gasteiger partial charge in [0, 0.05) is 17.7 Å². The number of benzene rings is 3. The topological polar surface area (TPSA) is 299 Å². The lowest BCUT2D eigenvalue weighted by Gasteiger charge is -2.42. The standard InChI is InChI=1S/C27H30O16.C10H12O2/c1-8-17(32)20(35)22(37)26(40-8)39-7-15-18(33)21(36)23(38)27(42-15)43-25-19(34)16-13(31)5-10(28)6-14(16)41-24(25)9-2-3-11(29)12(30)4-9;1-3-4-8-5-6-9(11)10(7-8)12-2/h2-6,8,15,17-18,20-23,26-33,35-38H,7H2,1H3;3,5-7,11H,1,4H2,2H3/t8-,15+,17-,18+,20+,21-,22+,23+,26+,27-;/m0./s1. The van der Waals surface area contributed by atoms with Crippen LogP contribution in [-0.4, -0.2) is 131 Å². The van der Waals surface area contributed by atoms with E-state index in [0.29, 0.717) is 5.75 Å². The summed E-state index contributed by atoms with van der Waals surface area (Å²) in [6, 6.07) is 10.5. The van der Waals surface area contributed by atoms with Crippen LogP contribution in [0.4, 0.5) is 0 Å². The van der Waals surface area contributed by atoms with Crippen LogP contribution in [0, 0.1) is 0 Å². The molecule has 3 aromatic carbocycles. The Kier molecular flexibility index (Phi) is 12.8. The Hall–Kier alpha value is -5.15. The number of methoxy groups -OCH3 is 1. The third-order valence-electron chi connectivity index (χ3n) is 8.92. The number of hydrogen-bond acceptors (Lipinski definition) is 18. The zero-order valence-electron chi connectivity index (χ0n) is 29.4. The van der Waals surface area contributed by atoms with Gasteiger partial charge in [0.1, 0.15) is 65.2 Å². The summed E-state index contributed by atoms with van der Waals surface area (Å²) in [6.07, 6.45) is -13.6. The van der Waals surface area contributed by atoms with Gasteiger partial charge >= 0.3 is 0 Å². The summed E-state index contributed by atoms with van der Waals surface area (Å²) in [5.74, 6) is -2.65. The minimum Gasteiger partial charge on any atom is -0.508 e. The van der Waals surface area contributed by atoms with Crippen molar-refractivity contribution in [1.29, 1.82) is 0 Å². The van der Waals surface area contributed by atoms with Gasteiger partial charge in [-0.3, -0.25) is 4.79 Å². The van der Waals surface area contributed by atoms with Gasteiger partial charge in [-0.05, 0) is 49.2 Å². The molecule has 0 spiro atoms. The van der Waals surface area contributed by atoms with Crippen LogP contribution in [0.5, 0.6) is 40.2 Å². The van der Waals surface area contributed by atoms with Crippen molar-refractivity contribution in [2.24, 2.45) is 0 Å². The number of fused-ring (bicyclic) bond motifs is 1. The highest BCUT2D eigenvalue weighted by atomic mass is 16.7. The molecule has 6 rings (SSSR count). The predicted molar refractivity (Wildman–Crippen MR) is 189 cm³/mol. The number of ether oxygens (including phenoxy) is 5. The number of hydrogen-bond donors (Lipinski definition) is 11. The van der Waals surface area contributed by atoms with E-state index in [1.165, 1.54) is 20.1 Å². The van der Waals surface area contributed by atoms with Crippen molar-refractivity contribution in [3.63, 3.8) is 0 Å². The van der Waals surface area contributed by atoms with E-state index in [-0.39, 0.29) is 16.9 Å². The molecule has 0 aliphatic carbocycles. The predicted octanol–water partition coefficient (Wildman–Crippen LogP) is 0.442. The molecule has 0 radical (unpaired) electrons. The number of aliphatic hydroxyl groups is 6. The van der Waals surface area contributed by atoms with Gasteiger partial charge in [-0.15, -0.1) is 6.58 Å². The van der Waals surface area contributed by atoms with Crippen molar-refractivity contribution in [1.82, 2.24) is 0 Å². The first-order valence-corrected chi connectivity index (χ1v) is 16.8. The molecule has 1 aromatic heterocycles. The molecule has 0 unspecified atom stereocenters. The molecular weight excluding hydrogens is 732 g/mol. The third-order valence-corrected chi connectivity index (χ3v) is 8.92. The Bertz CT molecular complexity index is 2030. The molecule has 0 bridgehead atoms. The molecule has 55 heavy (non-hydrogen) atoms. The van der Waals surface area contributed by atoms with Crippen LogP contribution >= 0.6 is 0 Å². The molecule has 2 aliphatic rings. The first kappa shape index (κ1) is 41.0. The minimum absolute atomic E-state index is 0.0313. The van der Waals surface area contributed by atoms with Crippen LogP contribution in [0.3, 0.4) is 0 Å². The zero-order valence-corrected chi connectivity index (χ0v) is 29.4. The van der Waals surface area contributed by atoms with E-state index in [4.69, 9.17) is 28.1 Å². The highest BCUT2D eigenvalue weighted by molar-refractivity contribution is 5.88. The molecule has 0 amide bonds. The van der Waals surface area contributed by atoms with Gasteiger partial charge < -0.3 is 84.3 Å². The Morgan fingerprint density at radius 2 is 1.42 bits per heavy atom. The molecule has 2 saturated heterocycles. The first-order valence-electron chi connectivity index (χ1n) is 16.8. The molecule has 0 saturated carbocycles. The average molecular weight is 775 g/mol. The first-order chi connectivity index (χ1) is 26.1. The lowest BCUT2D eigenvalue weighted by molar-refractivity contribution is -0.318. The Balaban J connectivity index is 0.000000413. The highest BCUT2D eigenvalue weighted by Crippen LogP contribution is 2.39. The molecule has 2 fully saturated rings. The highest BCUT2D eigenvalue weighted by Gasteiger charge is 2.48. The van der Waals surface area contributed by atoms with Gasteiger partial charge in [0.2, 0.25) is 17.5 Å². The van der Waals surface area contributed by atoms with Gasteiger partial charge in [0.05, 0.1) is 19.8 Å². The van der Waals surface area contributed by atoms with E-state index >= 15 is 0 Å². The SMILES string of the molecule is C=CCc1ccc(O)c(OC)c1.C[C@@H]1O[C@@H](OC[C@H]2O[C@@H](Oc3c(-c4ccc(O)c(O)c4)oc4cc(O)cc(O)c4c3=O)[C@H](O)[C@@H](O)[C@@H]2O)[C@H](O)[C@H](O)[C@H]1O. The fourth-order valence-corrected chi connectivity index (χ4v) is 5.85. The molecule has 2 aliphatic heterocycles. The normalized spacial score (nSPS) is 27.9. The summed E-state index contributed by atoms with van der Waals surface area (Å²) in [7, 11) is 1.53. The van der Waals surface area contributed by atoms with Crippen LogP contribution in [-0.2, 0) is 20.6 Å². The minimum atomic E-state index is -1.97. The van der Waals surface area contributed by atoms with Crippen molar-refractivity contribution in [3.05, 3.63) is 77.0 Å². The number of aliphatic hydroxyl groups excluding tert-OH is 6. The van der Waals surface area contributed by atoms with Crippen LogP contribution < -0.4 is 14.9 Å². The largest absolute Gasteiger partial charge is 0.508 e. The van der Waals surface area contributed by atoms with Crippen molar-refractivity contribution < 1.29 is 84.3 Å². The number of allylic oxidation sites excluding steroid dienone is 1. The fraction of sp³-hybridized carbons (Fsp3) is 0.378. The van der Waals surface area contributed by atoms with Crippen LogP contribution in [0.25, 0.3) is 22.3 Å². The molecule has 298 valence electrons. The summed E-state index contributed by atoms with van der Waals surface area (Å²) in [6.45, 7) is 4.45. The Morgan fingerprint density at radius 3 is 2.09 bits per heavy atom. The van der Waals surface area contributed by atoms with Gasteiger partial charge in [0.25, 0.3) is 0 Å². The van der Waals surface area contributed by atoms with Gasteiger partial charge in [0.15, 0.2) is 35.0 Å². The second-order valence-corrected chi connectivity index (χ2v) is 12.8. The van der Waals surface area contributed by atoms with E-state index in [2.05, 4.69) is 6.58 Å². The third kappa shape index (κ3) is 8.73. The molecule has 3 heterocycles. The number of phenols is 5. The summed E-state index contributed by atoms with van der Waals surface area (Å²) in [4.78, 5) is 13.6. The molecule has 11 N–H and O–H groups in total. The smallest absolute Gasteiger partial charge is 0.239 e. The van der Waals surface area contributed by atoms with E-state index in [0.717, 1.165) is 36.2 Å². The maximum atomic E-state index is 13.6. The zero-order chi connectivity index (χ0) is 40.3. The number of rotatable bonds is 9. The maximum absolute atomic E-state index is 13.6. The van der Waals surface area contributed by atoms with Crippen molar-refractivity contribution in [2.75, 3.05) is 13.7 Å². The maximum Gasteiger partial charge on any atom is 0.239 e.